The Kier molecular flexibility index (Phi) is 5.77. The highest BCUT2D eigenvalue weighted by Crippen LogP contribution is 2.66. The number of hydrogen-bond acceptors (Lipinski definition) is 6. The maximum absolute atomic E-state index is 13.8. The lowest BCUT2D eigenvalue weighted by atomic mass is 9.75. The first kappa shape index (κ1) is 23.3. The van der Waals surface area contributed by atoms with Crippen LogP contribution in [0.5, 0.6) is 0 Å². The molecule has 0 spiro atoms. The third kappa shape index (κ3) is 3.87. The number of benzene rings is 1. The quantitative estimate of drug-likeness (QED) is 0.430. The average Bonchev–Trinajstić information content (AvgIpc) is 3.32. The van der Waals surface area contributed by atoms with Gasteiger partial charge in [-0.1, -0.05) is 12.1 Å². The van der Waals surface area contributed by atoms with Gasteiger partial charge in [-0.2, -0.15) is 12.6 Å². The van der Waals surface area contributed by atoms with Gasteiger partial charge >= 0.3 is 18.0 Å². The average molecular weight is 455 g/mol. The first-order valence-corrected chi connectivity index (χ1v) is 10.4. The van der Waals surface area contributed by atoms with Crippen molar-refractivity contribution in [2.75, 3.05) is 0 Å². The van der Waals surface area contributed by atoms with Gasteiger partial charge in [-0.25, -0.2) is 14.0 Å². The molecule has 1 aromatic carbocycles. The number of rotatable bonds is 5. The van der Waals surface area contributed by atoms with Gasteiger partial charge in [-0.15, -0.1) is 0 Å². The van der Waals surface area contributed by atoms with Crippen molar-refractivity contribution in [3.8, 4) is 0 Å². The molecule has 170 valence electrons. The summed E-state index contributed by atoms with van der Waals surface area (Å²) in [7, 11) is 0. The maximum atomic E-state index is 13.8. The van der Waals surface area contributed by atoms with E-state index in [1.807, 2.05) is 0 Å². The number of amides is 1. The summed E-state index contributed by atoms with van der Waals surface area (Å²) in [6.45, 7) is 6.44. The van der Waals surface area contributed by atoms with Crippen LogP contribution in [0.25, 0.3) is 0 Å². The van der Waals surface area contributed by atoms with Gasteiger partial charge in [0, 0.05) is 23.1 Å². The van der Waals surface area contributed by atoms with Crippen LogP contribution in [0.1, 0.15) is 37.1 Å². The number of halogens is 1. The monoisotopic (exact) mass is 454 g/mol. The van der Waals surface area contributed by atoms with Gasteiger partial charge in [-0.05, 0) is 50.8 Å². The number of carboxylic acids is 2. The van der Waals surface area contributed by atoms with Gasteiger partial charge in [0.1, 0.15) is 11.4 Å². The second-order valence-corrected chi connectivity index (χ2v) is 9.88. The highest BCUT2D eigenvalue weighted by atomic mass is 32.1. The van der Waals surface area contributed by atoms with E-state index in [2.05, 4.69) is 17.9 Å². The molecule has 0 aliphatic heterocycles. The number of aliphatic carboxylic acids is 2. The lowest BCUT2D eigenvalue weighted by Crippen LogP contribution is -2.64. The number of carboxylic acid groups (broad SMARTS) is 2. The Hall–Kier alpha value is -2.33. The van der Waals surface area contributed by atoms with Crippen molar-refractivity contribution in [1.82, 2.24) is 5.32 Å². The van der Waals surface area contributed by atoms with Crippen LogP contribution >= 0.6 is 12.6 Å². The highest BCUT2D eigenvalue weighted by molar-refractivity contribution is 7.80. The summed E-state index contributed by atoms with van der Waals surface area (Å²) in [5.41, 5.74) is 4.33. The van der Waals surface area contributed by atoms with Gasteiger partial charge in [0.25, 0.3) is 0 Å². The van der Waals surface area contributed by atoms with Crippen molar-refractivity contribution >= 4 is 30.7 Å². The standard InChI is InChI=1S/C21H27FN2O6S/c1-8-7-9(5-6-10(8)22)16(31)14-15(23)11-12(17(25)26)13(11)21(14,18(27)28)24-19(29)30-20(2,3)4/h5-7,11-16,31H,23H2,1-4H3,(H,24,29)(H,25,26)(H,27,28)/t11-,12-,13-,14-,15-,16?,21+/m0/s1. The molecule has 0 saturated heterocycles. The SMILES string of the molecule is Cc1cc(C(S)[C@@H]2[C@@H](N)[C@H]3[C@H](C(=O)O)[C@H]3[C@]2(NC(=O)OC(C)(C)C)C(=O)O)ccc1F. The van der Waals surface area contributed by atoms with Crippen molar-refractivity contribution in [2.45, 2.75) is 50.1 Å². The van der Waals surface area contributed by atoms with E-state index >= 15 is 0 Å². The van der Waals surface area contributed by atoms with Crippen LogP contribution in [0.2, 0.25) is 0 Å². The van der Waals surface area contributed by atoms with E-state index in [-0.39, 0.29) is 0 Å². The fourth-order valence-electron chi connectivity index (χ4n) is 4.98. The van der Waals surface area contributed by atoms with Crippen LogP contribution in [0, 0.1) is 36.4 Å². The summed E-state index contributed by atoms with van der Waals surface area (Å²) in [6, 6.07) is 3.40. The Labute approximate surface area is 184 Å². The molecule has 31 heavy (non-hydrogen) atoms. The molecule has 0 aromatic heterocycles. The highest BCUT2D eigenvalue weighted by Gasteiger charge is 2.79. The number of thiol groups is 1. The van der Waals surface area contributed by atoms with Crippen molar-refractivity contribution in [2.24, 2.45) is 29.4 Å². The van der Waals surface area contributed by atoms with Crippen LogP contribution in [0.3, 0.4) is 0 Å². The fraction of sp³-hybridized carbons (Fsp3) is 0.571. The molecule has 8 nitrogen and oxygen atoms in total. The van der Waals surface area contributed by atoms with Crippen LogP contribution in [-0.4, -0.2) is 45.4 Å². The molecule has 3 rings (SSSR count). The Morgan fingerprint density at radius 3 is 2.39 bits per heavy atom. The van der Waals surface area contributed by atoms with Crippen LogP contribution in [0.4, 0.5) is 9.18 Å². The second-order valence-electron chi connectivity index (χ2n) is 9.32. The smallest absolute Gasteiger partial charge is 0.408 e. The summed E-state index contributed by atoms with van der Waals surface area (Å²) in [5, 5.41) is 21.5. The van der Waals surface area contributed by atoms with E-state index < -0.39 is 70.0 Å². The van der Waals surface area contributed by atoms with Crippen molar-refractivity contribution in [3.05, 3.63) is 35.1 Å². The zero-order valence-electron chi connectivity index (χ0n) is 17.6. The van der Waals surface area contributed by atoms with E-state index in [0.717, 1.165) is 0 Å². The molecule has 0 radical (unpaired) electrons. The normalized spacial score (nSPS) is 32.7. The molecule has 7 atom stereocenters. The molecule has 1 amide bonds. The van der Waals surface area contributed by atoms with E-state index in [9.17, 15) is 29.0 Å². The van der Waals surface area contributed by atoms with Gasteiger partial charge < -0.3 is 26.0 Å². The number of nitrogens with one attached hydrogen (secondary N) is 1. The Morgan fingerprint density at radius 1 is 1.29 bits per heavy atom. The van der Waals surface area contributed by atoms with Gasteiger partial charge in [0.2, 0.25) is 0 Å². The van der Waals surface area contributed by atoms with Crippen molar-refractivity contribution in [3.63, 3.8) is 0 Å². The van der Waals surface area contributed by atoms with E-state index in [1.54, 1.807) is 33.8 Å². The lowest BCUT2D eigenvalue weighted by Gasteiger charge is -2.40. The molecule has 1 aromatic rings. The largest absolute Gasteiger partial charge is 0.481 e. The molecule has 1 unspecified atom stereocenters. The van der Waals surface area contributed by atoms with Gasteiger partial charge in [0.15, 0.2) is 5.54 Å². The zero-order valence-corrected chi connectivity index (χ0v) is 18.5. The second kappa shape index (κ2) is 7.67. The number of aryl methyl sites for hydroxylation is 1. The Balaban J connectivity index is 2.07. The summed E-state index contributed by atoms with van der Waals surface area (Å²) < 4.78 is 19.0. The number of carbonyl (C=O) groups is 3. The summed E-state index contributed by atoms with van der Waals surface area (Å²) in [5.74, 6) is -6.55. The van der Waals surface area contributed by atoms with Gasteiger partial charge in [-0.3, -0.25) is 4.79 Å². The lowest BCUT2D eigenvalue weighted by molar-refractivity contribution is -0.149. The number of fused-ring (bicyclic) bond motifs is 1. The number of hydrogen-bond donors (Lipinski definition) is 5. The van der Waals surface area contributed by atoms with Crippen molar-refractivity contribution in [1.29, 1.82) is 0 Å². The van der Waals surface area contributed by atoms with Gasteiger partial charge in [0.05, 0.1) is 5.92 Å². The van der Waals surface area contributed by atoms with E-state index in [0.29, 0.717) is 11.1 Å². The Morgan fingerprint density at radius 2 is 1.90 bits per heavy atom. The maximum Gasteiger partial charge on any atom is 0.408 e. The number of nitrogens with two attached hydrogens (primary N) is 1. The predicted molar refractivity (Wildman–Crippen MR) is 112 cm³/mol. The molecular weight excluding hydrogens is 427 g/mol. The summed E-state index contributed by atoms with van der Waals surface area (Å²) in [4.78, 5) is 37.0. The van der Waals surface area contributed by atoms with E-state index in [1.165, 1.54) is 12.1 Å². The number of carbonyl (C=O) groups excluding carboxylic acids is 1. The predicted octanol–water partition coefficient (Wildman–Crippen LogP) is 2.36. The minimum Gasteiger partial charge on any atom is -0.481 e. The van der Waals surface area contributed by atoms with E-state index in [4.69, 9.17) is 10.5 Å². The number of alkyl carbamates (subject to hydrolysis) is 1. The van der Waals surface area contributed by atoms with Crippen LogP contribution < -0.4 is 11.1 Å². The molecule has 0 heterocycles. The van der Waals surface area contributed by atoms with Crippen LogP contribution in [0.15, 0.2) is 18.2 Å². The molecule has 2 aliphatic rings. The first-order valence-electron chi connectivity index (χ1n) is 9.89. The summed E-state index contributed by atoms with van der Waals surface area (Å²) >= 11 is 4.61. The minimum atomic E-state index is -2.01. The minimum absolute atomic E-state index is 0.345. The molecule has 2 fully saturated rings. The Bertz CT molecular complexity index is 935. The molecule has 2 saturated carbocycles. The fourth-order valence-corrected chi connectivity index (χ4v) is 5.57. The third-order valence-electron chi connectivity index (χ3n) is 6.20. The molecule has 5 N–H and O–H groups in total. The first-order chi connectivity index (χ1) is 14.2. The van der Waals surface area contributed by atoms with Crippen LogP contribution in [-0.2, 0) is 14.3 Å². The molecule has 10 heteroatoms. The molecule has 2 aliphatic carbocycles. The topological polar surface area (TPSA) is 139 Å². The third-order valence-corrected chi connectivity index (χ3v) is 6.82. The number of ether oxygens (including phenoxy) is 1. The summed E-state index contributed by atoms with van der Waals surface area (Å²) in [6.07, 6.45) is -0.986. The zero-order chi connectivity index (χ0) is 23.5. The molecule has 0 bridgehead atoms. The molecular formula is C21H27FN2O6S. The van der Waals surface area contributed by atoms with Crippen molar-refractivity contribution < 1.29 is 33.7 Å².